The molecule has 0 saturated carbocycles. The van der Waals surface area contributed by atoms with Crippen molar-refractivity contribution in [2.24, 2.45) is 0 Å². The minimum atomic E-state index is -0.456. The molecule has 4 aliphatic rings. The lowest BCUT2D eigenvalue weighted by atomic mass is 9.93. The molecule has 0 bridgehead atoms. The van der Waals surface area contributed by atoms with Gasteiger partial charge < -0.3 is 24.0 Å². The van der Waals surface area contributed by atoms with E-state index in [4.69, 9.17) is 24.0 Å². The molecule has 1 amide bonds. The zero-order valence-corrected chi connectivity index (χ0v) is 34.9. The number of carbonyl (C=O) groups excluding carboxylic acids is 1. The van der Waals surface area contributed by atoms with Gasteiger partial charge in [-0.3, -0.25) is 9.80 Å². The predicted molar refractivity (Wildman–Crippen MR) is 222 cm³/mol. The molecule has 4 aliphatic heterocycles. The fraction of sp³-hybridized carbons (Fsp3) is 0.558. The predicted octanol–water partition coefficient (Wildman–Crippen LogP) is 5.89. The van der Waals surface area contributed by atoms with Gasteiger partial charge in [0.1, 0.15) is 5.60 Å². The molecule has 10 rings (SSSR count). The van der Waals surface area contributed by atoms with Gasteiger partial charge in [0, 0.05) is 62.1 Å². The molecule has 0 radical (unpaired) electrons. The van der Waals surface area contributed by atoms with Crippen molar-refractivity contribution in [1.82, 2.24) is 59.9 Å². The van der Waals surface area contributed by atoms with Crippen LogP contribution in [0.2, 0.25) is 0 Å². The highest BCUT2D eigenvalue weighted by atomic mass is 16.6. The lowest BCUT2D eigenvalue weighted by Crippen LogP contribution is -2.55. The first-order chi connectivity index (χ1) is 28.7. The first-order valence-electron chi connectivity index (χ1n) is 21.4. The Morgan fingerprint density at radius 2 is 1.17 bits per heavy atom. The van der Waals surface area contributed by atoms with Gasteiger partial charge in [-0.25, -0.2) is 4.79 Å². The van der Waals surface area contributed by atoms with E-state index in [0.29, 0.717) is 35.8 Å². The van der Waals surface area contributed by atoms with E-state index in [9.17, 15) is 4.79 Å². The van der Waals surface area contributed by atoms with Crippen molar-refractivity contribution in [3.05, 3.63) is 71.7 Å². The van der Waals surface area contributed by atoms with Crippen LogP contribution in [-0.2, 0) is 17.6 Å². The number of aromatic nitrogens is 8. The minimum Gasteiger partial charge on any atom is -0.444 e. The molecule has 0 spiro atoms. The van der Waals surface area contributed by atoms with Crippen molar-refractivity contribution in [3.8, 4) is 11.9 Å². The van der Waals surface area contributed by atoms with Crippen molar-refractivity contribution < 1.29 is 18.6 Å². The smallest absolute Gasteiger partial charge is 0.410 e. The number of rotatable bonds is 8. The Kier molecular flexibility index (Phi) is 11.0. The van der Waals surface area contributed by atoms with Crippen molar-refractivity contribution in [1.29, 1.82) is 0 Å². The summed E-state index contributed by atoms with van der Waals surface area (Å²) in [6.07, 6.45) is 5.91. The van der Waals surface area contributed by atoms with Crippen molar-refractivity contribution >= 4 is 27.9 Å². The van der Waals surface area contributed by atoms with Crippen molar-refractivity contribution in [2.45, 2.75) is 103 Å². The Morgan fingerprint density at radius 3 is 1.63 bits per heavy atom. The number of nitrogens with one attached hydrogen (secondary N) is 1. The fourth-order valence-corrected chi connectivity index (χ4v) is 8.89. The minimum absolute atomic E-state index is 0.210. The van der Waals surface area contributed by atoms with Gasteiger partial charge >= 0.3 is 6.09 Å². The van der Waals surface area contributed by atoms with Gasteiger partial charge in [-0.15, -0.1) is 0 Å². The van der Waals surface area contributed by atoms with Gasteiger partial charge in [-0.05, 0) is 94.8 Å². The van der Waals surface area contributed by atoms with E-state index in [0.717, 1.165) is 117 Å². The molecule has 1 N–H and O–H groups in total. The van der Waals surface area contributed by atoms with Gasteiger partial charge in [-0.1, -0.05) is 50.2 Å². The van der Waals surface area contributed by atoms with Crippen LogP contribution in [0, 0.1) is 0 Å². The second-order valence-corrected chi connectivity index (χ2v) is 17.3. The van der Waals surface area contributed by atoms with Crippen molar-refractivity contribution in [3.63, 3.8) is 0 Å². The molecular weight excluding hydrogens is 749 g/mol. The van der Waals surface area contributed by atoms with E-state index in [1.165, 1.54) is 12.8 Å². The molecule has 0 aliphatic carbocycles. The molecule has 4 saturated heterocycles. The van der Waals surface area contributed by atoms with Crippen LogP contribution in [0.25, 0.3) is 33.7 Å². The first kappa shape index (κ1) is 39.3. The summed E-state index contributed by atoms with van der Waals surface area (Å²) >= 11 is 0. The van der Waals surface area contributed by atoms with E-state index in [-0.39, 0.29) is 12.0 Å². The zero-order chi connectivity index (χ0) is 40.7. The maximum Gasteiger partial charge on any atom is 0.410 e. The Labute approximate surface area is 344 Å². The number of benzene rings is 2. The van der Waals surface area contributed by atoms with Crippen LogP contribution >= 0.6 is 0 Å². The molecule has 0 unspecified atom stereocenters. The van der Waals surface area contributed by atoms with Gasteiger partial charge in [0.2, 0.25) is 11.8 Å². The fourth-order valence-electron chi connectivity index (χ4n) is 8.89. The number of fused-ring (bicyclic) bond motifs is 2. The number of nitrogens with zero attached hydrogens (tertiary/aromatic N) is 11. The maximum atomic E-state index is 12.3. The summed E-state index contributed by atoms with van der Waals surface area (Å²) in [5.74, 6) is 3.02. The van der Waals surface area contributed by atoms with Gasteiger partial charge in [0.15, 0.2) is 0 Å². The Morgan fingerprint density at radius 1 is 0.712 bits per heavy atom. The number of aryl methyl sites for hydroxylation is 2. The second kappa shape index (κ2) is 16.5. The number of piperidine rings is 2. The standard InChI is InChI=1S/C24H32N6O3.C19H24N6O/c1-5-19-18-8-6-7-9-20(18)30(26-19)22-25-21(33-27-22)16-14-29(15-16)17-10-12-28(13-11-17)23(31)32-24(2,3)4;1-2-16-15-5-3-4-6-17(15)25(22-16)19-21-18(26-23-19)13-11-24(12-13)14-7-9-20-10-8-14/h6-9,16-17H,5,10-15H2,1-4H3;3-6,13-14,20H,2,7-12H2,1H3. The van der Waals surface area contributed by atoms with E-state index in [1.807, 2.05) is 60.7 Å². The molecular formula is C43H56N12O4. The molecule has 0 atom stereocenters. The number of likely N-dealkylation sites (tertiary alicyclic amines) is 3. The Hall–Kier alpha value is -5.19. The highest BCUT2D eigenvalue weighted by molar-refractivity contribution is 5.83. The van der Waals surface area contributed by atoms with Crippen LogP contribution in [0.3, 0.4) is 0 Å². The molecule has 6 aromatic rings. The van der Waals surface area contributed by atoms with E-state index < -0.39 is 5.60 Å². The lowest BCUT2D eigenvalue weighted by Gasteiger charge is -2.45. The topological polar surface area (TPSA) is 162 Å². The number of amides is 1. The van der Waals surface area contributed by atoms with E-state index in [2.05, 4.69) is 67.4 Å². The number of hydrogen-bond donors (Lipinski definition) is 1. The molecule has 2 aromatic carbocycles. The highest BCUT2D eigenvalue weighted by Gasteiger charge is 2.40. The monoisotopic (exact) mass is 804 g/mol. The summed E-state index contributed by atoms with van der Waals surface area (Å²) in [5.41, 5.74) is 3.66. The van der Waals surface area contributed by atoms with Crippen molar-refractivity contribution in [2.75, 3.05) is 52.4 Å². The molecule has 4 fully saturated rings. The number of carbonyl (C=O) groups is 1. The molecule has 8 heterocycles. The molecule has 16 nitrogen and oxygen atoms in total. The lowest BCUT2D eigenvalue weighted by molar-refractivity contribution is 0.00384. The summed E-state index contributed by atoms with van der Waals surface area (Å²) in [6, 6.07) is 17.5. The van der Waals surface area contributed by atoms with Crippen LogP contribution < -0.4 is 5.32 Å². The van der Waals surface area contributed by atoms with Crippen LogP contribution in [0.5, 0.6) is 0 Å². The van der Waals surface area contributed by atoms with E-state index in [1.54, 1.807) is 4.68 Å². The largest absolute Gasteiger partial charge is 0.444 e. The molecule has 312 valence electrons. The van der Waals surface area contributed by atoms with E-state index >= 15 is 0 Å². The summed E-state index contributed by atoms with van der Waals surface area (Å²) in [5, 5.41) is 23.5. The molecule has 16 heteroatoms. The normalized spacial score (nSPS) is 19.2. The van der Waals surface area contributed by atoms with Crippen LogP contribution in [0.15, 0.2) is 57.6 Å². The van der Waals surface area contributed by atoms with Crippen LogP contribution in [0.1, 0.15) is 95.3 Å². The third kappa shape index (κ3) is 8.09. The zero-order valence-electron chi connectivity index (χ0n) is 34.9. The third-order valence-corrected chi connectivity index (χ3v) is 12.2. The maximum absolute atomic E-state index is 12.3. The van der Waals surface area contributed by atoms with Gasteiger partial charge in [0.05, 0.1) is 34.3 Å². The number of ether oxygens (including phenoxy) is 1. The van der Waals surface area contributed by atoms with Crippen LogP contribution in [-0.4, -0.2) is 131 Å². The second-order valence-electron chi connectivity index (χ2n) is 17.3. The SMILES string of the molecule is CCc1nn(-c2noc(C3CN(C4CCN(C(=O)OC(C)(C)C)CC4)C3)n2)c2ccccc12.CCc1nn(-c2noc(C3CN(C4CCNCC4)C3)n2)c2ccccc12. The average molecular weight is 805 g/mol. The van der Waals surface area contributed by atoms with Gasteiger partial charge in [-0.2, -0.15) is 29.5 Å². The number of para-hydroxylation sites is 2. The number of hydrogen-bond acceptors (Lipinski definition) is 13. The Balaban J connectivity index is 0.000000156. The third-order valence-electron chi connectivity index (χ3n) is 12.2. The molecule has 59 heavy (non-hydrogen) atoms. The van der Waals surface area contributed by atoms with Crippen LogP contribution in [0.4, 0.5) is 4.79 Å². The summed E-state index contributed by atoms with van der Waals surface area (Å²) in [6.45, 7) is 17.5. The quantitative estimate of drug-likeness (QED) is 0.194. The highest BCUT2D eigenvalue weighted by Crippen LogP contribution is 2.33. The average Bonchev–Trinajstić information content (AvgIpc) is 4.02. The first-order valence-corrected chi connectivity index (χ1v) is 21.4. The summed E-state index contributed by atoms with van der Waals surface area (Å²) in [4.78, 5) is 28.5. The summed E-state index contributed by atoms with van der Waals surface area (Å²) in [7, 11) is 0. The summed E-state index contributed by atoms with van der Waals surface area (Å²) < 4.78 is 20.3. The van der Waals surface area contributed by atoms with Gasteiger partial charge in [0.25, 0.3) is 11.9 Å². The Bertz CT molecular complexity index is 2370. The molecule has 4 aromatic heterocycles.